The number of fused-ring (bicyclic) bond motifs is 1. The molecule has 0 bridgehead atoms. The van der Waals surface area contributed by atoms with Crippen molar-refractivity contribution in [1.29, 1.82) is 0 Å². The lowest BCUT2D eigenvalue weighted by atomic mass is 9.99. The molecule has 9 heteroatoms. The minimum Gasteiger partial charge on any atom is -0.437 e. The van der Waals surface area contributed by atoms with Crippen LogP contribution >= 0.6 is 0 Å². The minimum absolute atomic E-state index is 0.00268. The summed E-state index contributed by atoms with van der Waals surface area (Å²) in [7, 11) is 0. The Balaban J connectivity index is 1.52. The number of aromatic nitrogens is 3. The number of carbonyl (C=O) groups excluding carboxylic acids is 2. The summed E-state index contributed by atoms with van der Waals surface area (Å²) in [6, 6.07) is 6.84. The van der Waals surface area contributed by atoms with E-state index < -0.39 is 0 Å². The summed E-state index contributed by atoms with van der Waals surface area (Å²) >= 11 is 0. The van der Waals surface area contributed by atoms with Gasteiger partial charge in [0, 0.05) is 29.9 Å². The van der Waals surface area contributed by atoms with Gasteiger partial charge in [-0.1, -0.05) is 12.6 Å². The number of anilines is 1. The van der Waals surface area contributed by atoms with Crippen molar-refractivity contribution in [2.75, 3.05) is 18.5 Å². The topological polar surface area (TPSA) is 118 Å². The van der Waals surface area contributed by atoms with Gasteiger partial charge >= 0.3 is 0 Å². The van der Waals surface area contributed by atoms with Crippen LogP contribution in [0.2, 0.25) is 0 Å². The summed E-state index contributed by atoms with van der Waals surface area (Å²) < 4.78 is 11.0. The Hall–Kier alpha value is -3.72. The van der Waals surface area contributed by atoms with Gasteiger partial charge in [0.15, 0.2) is 5.65 Å². The van der Waals surface area contributed by atoms with Crippen LogP contribution in [0.15, 0.2) is 49.3 Å². The van der Waals surface area contributed by atoms with Gasteiger partial charge in [-0.2, -0.15) is 0 Å². The van der Waals surface area contributed by atoms with Gasteiger partial charge in [0.2, 0.25) is 11.8 Å². The van der Waals surface area contributed by atoms with Crippen molar-refractivity contribution in [2.45, 2.75) is 13.0 Å². The van der Waals surface area contributed by atoms with E-state index in [2.05, 4.69) is 32.2 Å². The lowest BCUT2D eigenvalue weighted by Gasteiger charge is -2.31. The normalized spacial score (nSPS) is 14.6. The summed E-state index contributed by atoms with van der Waals surface area (Å²) in [4.78, 5) is 35.8. The molecule has 0 spiro atoms. The SMILES string of the molecule is C=CC(=O)Nc1cccc(Oc2cnc3[nH]cc(C(=O)N[C@H](C)C4COC4)c3n2)c1. The van der Waals surface area contributed by atoms with Crippen LogP contribution in [-0.4, -0.2) is 46.0 Å². The van der Waals surface area contributed by atoms with Crippen LogP contribution < -0.4 is 15.4 Å². The van der Waals surface area contributed by atoms with Crippen molar-refractivity contribution in [3.8, 4) is 11.6 Å². The zero-order valence-electron chi connectivity index (χ0n) is 16.3. The average molecular weight is 407 g/mol. The maximum atomic E-state index is 12.7. The van der Waals surface area contributed by atoms with E-state index in [1.165, 1.54) is 12.3 Å². The van der Waals surface area contributed by atoms with Crippen molar-refractivity contribution in [3.63, 3.8) is 0 Å². The van der Waals surface area contributed by atoms with Crippen LogP contribution in [0.1, 0.15) is 17.3 Å². The highest BCUT2D eigenvalue weighted by Gasteiger charge is 2.27. The smallest absolute Gasteiger partial charge is 0.255 e. The first-order valence-electron chi connectivity index (χ1n) is 9.47. The Bertz CT molecular complexity index is 1110. The zero-order chi connectivity index (χ0) is 21.1. The number of nitrogens with one attached hydrogen (secondary N) is 3. The van der Waals surface area contributed by atoms with Crippen molar-refractivity contribution in [1.82, 2.24) is 20.3 Å². The molecule has 1 aromatic carbocycles. The molecule has 154 valence electrons. The Morgan fingerprint density at radius 2 is 2.23 bits per heavy atom. The zero-order valence-corrected chi connectivity index (χ0v) is 16.3. The summed E-state index contributed by atoms with van der Waals surface area (Å²) in [5.41, 5.74) is 1.85. The lowest BCUT2D eigenvalue weighted by molar-refractivity contribution is -0.111. The van der Waals surface area contributed by atoms with Crippen molar-refractivity contribution >= 4 is 28.7 Å². The molecule has 4 rings (SSSR count). The number of rotatable bonds is 7. The highest BCUT2D eigenvalue weighted by atomic mass is 16.5. The highest BCUT2D eigenvalue weighted by molar-refractivity contribution is 6.04. The van der Waals surface area contributed by atoms with E-state index in [0.29, 0.717) is 47.3 Å². The molecule has 0 aliphatic carbocycles. The molecule has 1 atom stereocenters. The molecule has 30 heavy (non-hydrogen) atoms. The van der Waals surface area contributed by atoms with Gasteiger partial charge in [0.05, 0.1) is 25.0 Å². The third-order valence-electron chi connectivity index (χ3n) is 4.84. The molecule has 1 aliphatic heterocycles. The number of H-pyrrole nitrogens is 1. The summed E-state index contributed by atoms with van der Waals surface area (Å²) in [5, 5.41) is 5.65. The summed E-state index contributed by atoms with van der Waals surface area (Å²) in [6.07, 6.45) is 4.23. The summed E-state index contributed by atoms with van der Waals surface area (Å²) in [5.74, 6) is 0.452. The fraction of sp³-hybridized carbons (Fsp3) is 0.238. The van der Waals surface area contributed by atoms with Gasteiger partial charge < -0.3 is 25.1 Å². The van der Waals surface area contributed by atoms with Crippen LogP contribution in [0, 0.1) is 5.92 Å². The molecule has 0 saturated carbocycles. The summed E-state index contributed by atoms with van der Waals surface area (Å²) in [6.45, 7) is 6.69. The van der Waals surface area contributed by atoms with Gasteiger partial charge in [-0.05, 0) is 25.1 Å². The maximum Gasteiger partial charge on any atom is 0.255 e. The van der Waals surface area contributed by atoms with E-state index in [1.807, 2.05) is 6.92 Å². The van der Waals surface area contributed by atoms with Gasteiger partial charge in [-0.3, -0.25) is 9.59 Å². The predicted octanol–water partition coefficient (Wildman–Crippen LogP) is 2.64. The second kappa shape index (κ2) is 8.34. The van der Waals surface area contributed by atoms with Crippen LogP contribution in [0.4, 0.5) is 5.69 Å². The van der Waals surface area contributed by atoms with Gasteiger partial charge in [-0.25, -0.2) is 9.97 Å². The first-order valence-corrected chi connectivity index (χ1v) is 9.47. The Morgan fingerprint density at radius 1 is 1.40 bits per heavy atom. The molecule has 2 aromatic heterocycles. The van der Waals surface area contributed by atoms with Crippen molar-refractivity contribution in [2.24, 2.45) is 5.92 Å². The first-order chi connectivity index (χ1) is 14.5. The van der Waals surface area contributed by atoms with Gasteiger partial charge in [0.1, 0.15) is 11.3 Å². The van der Waals surface area contributed by atoms with E-state index in [9.17, 15) is 9.59 Å². The van der Waals surface area contributed by atoms with Crippen LogP contribution in [0.5, 0.6) is 11.6 Å². The van der Waals surface area contributed by atoms with Crippen LogP contribution in [0.3, 0.4) is 0 Å². The number of nitrogens with zero attached hydrogens (tertiary/aromatic N) is 2. The Morgan fingerprint density at radius 3 is 2.97 bits per heavy atom. The Labute approximate surface area is 172 Å². The number of amides is 2. The molecule has 1 aliphatic rings. The monoisotopic (exact) mass is 407 g/mol. The lowest BCUT2D eigenvalue weighted by Crippen LogP contribution is -2.46. The number of hydrogen-bond acceptors (Lipinski definition) is 6. The fourth-order valence-electron chi connectivity index (χ4n) is 2.99. The fourth-order valence-corrected chi connectivity index (χ4v) is 2.99. The van der Waals surface area contributed by atoms with E-state index in [-0.39, 0.29) is 23.7 Å². The standard InChI is InChI=1S/C21H21N5O4/c1-3-17(27)25-14-5-4-6-15(7-14)30-18-9-23-20-19(26-18)16(8-22-20)21(28)24-12(2)13-10-29-11-13/h3-9,12-13H,1,10-11H2,2H3,(H,22,23)(H,24,28)(H,25,27)/t12-/m1/s1. The molecule has 9 nitrogen and oxygen atoms in total. The molecule has 1 saturated heterocycles. The molecule has 0 radical (unpaired) electrons. The second-order valence-corrected chi connectivity index (χ2v) is 6.99. The number of carbonyl (C=O) groups is 2. The number of benzene rings is 1. The molecular weight excluding hydrogens is 386 g/mol. The molecule has 2 amide bonds. The van der Waals surface area contributed by atoms with E-state index in [4.69, 9.17) is 9.47 Å². The quantitative estimate of drug-likeness (QED) is 0.518. The number of hydrogen-bond donors (Lipinski definition) is 3. The van der Waals surface area contributed by atoms with Gasteiger partial charge in [-0.15, -0.1) is 0 Å². The average Bonchev–Trinajstić information content (AvgIpc) is 3.10. The molecule has 0 unspecified atom stereocenters. The molecule has 3 N–H and O–H groups in total. The van der Waals surface area contributed by atoms with E-state index in [0.717, 1.165) is 0 Å². The maximum absolute atomic E-state index is 12.7. The van der Waals surface area contributed by atoms with E-state index in [1.54, 1.807) is 30.5 Å². The largest absolute Gasteiger partial charge is 0.437 e. The predicted molar refractivity (Wildman–Crippen MR) is 110 cm³/mol. The first kappa shape index (κ1) is 19.6. The molecule has 1 fully saturated rings. The van der Waals surface area contributed by atoms with Crippen molar-refractivity contribution in [3.05, 3.63) is 54.9 Å². The van der Waals surface area contributed by atoms with E-state index >= 15 is 0 Å². The Kier molecular flexibility index (Phi) is 5.44. The third-order valence-corrected chi connectivity index (χ3v) is 4.84. The third kappa shape index (κ3) is 4.15. The molecular formula is C21H21N5O4. The second-order valence-electron chi connectivity index (χ2n) is 6.99. The van der Waals surface area contributed by atoms with Crippen molar-refractivity contribution < 1.29 is 19.1 Å². The van der Waals surface area contributed by atoms with Crippen LogP contribution in [-0.2, 0) is 9.53 Å². The number of aromatic amines is 1. The van der Waals surface area contributed by atoms with Crippen LogP contribution in [0.25, 0.3) is 11.2 Å². The molecule has 3 aromatic rings. The highest BCUT2D eigenvalue weighted by Crippen LogP contribution is 2.25. The molecule has 3 heterocycles. The number of ether oxygens (including phenoxy) is 2. The minimum atomic E-state index is -0.320. The van der Waals surface area contributed by atoms with Gasteiger partial charge in [0.25, 0.3) is 5.91 Å².